The Labute approximate surface area is 120 Å². The van der Waals surface area contributed by atoms with E-state index in [0.717, 1.165) is 43.3 Å². The minimum atomic E-state index is -0.202. The fraction of sp³-hybridized carbons (Fsp3) is 0.562. The number of ether oxygens (including phenoxy) is 1. The Morgan fingerprint density at radius 2 is 1.90 bits per heavy atom. The fourth-order valence-corrected chi connectivity index (χ4v) is 3.42. The van der Waals surface area contributed by atoms with Gasteiger partial charge in [0.25, 0.3) is 0 Å². The first-order valence-corrected chi connectivity index (χ1v) is 7.38. The SMILES string of the molecule is CN(C(=O)OCc1ccccc1)C1C[C@H]2CNC[C@H]2C1. The van der Waals surface area contributed by atoms with Crippen molar-refractivity contribution in [3.8, 4) is 0 Å². The van der Waals surface area contributed by atoms with Crippen LogP contribution in [0.4, 0.5) is 4.79 Å². The second-order valence-corrected chi connectivity index (χ2v) is 5.95. The average molecular weight is 274 g/mol. The number of rotatable bonds is 3. The molecule has 1 unspecified atom stereocenters. The van der Waals surface area contributed by atoms with Gasteiger partial charge in [-0.15, -0.1) is 0 Å². The molecule has 0 bridgehead atoms. The van der Waals surface area contributed by atoms with E-state index < -0.39 is 0 Å². The maximum atomic E-state index is 12.1. The largest absolute Gasteiger partial charge is 0.445 e. The molecule has 1 N–H and O–H groups in total. The predicted octanol–water partition coefficient (Wildman–Crippen LogP) is 2.25. The van der Waals surface area contributed by atoms with Gasteiger partial charge in [0.2, 0.25) is 0 Å². The van der Waals surface area contributed by atoms with Crippen molar-refractivity contribution in [2.75, 3.05) is 20.1 Å². The zero-order chi connectivity index (χ0) is 13.9. The van der Waals surface area contributed by atoms with E-state index in [4.69, 9.17) is 4.74 Å². The third kappa shape index (κ3) is 2.80. The first-order valence-electron chi connectivity index (χ1n) is 7.38. The highest BCUT2D eigenvalue weighted by Gasteiger charge is 2.40. The summed E-state index contributed by atoms with van der Waals surface area (Å²) in [6, 6.07) is 10.2. The number of hydrogen-bond donors (Lipinski definition) is 1. The predicted molar refractivity (Wildman–Crippen MR) is 77.3 cm³/mol. The van der Waals surface area contributed by atoms with Crippen LogP contribution in [0.3, 0.4) is 0 Å². The molecule has 3 atom stereocenters. The Balaban J connectivity index is 1.50. The van der Waals surface area contributed by atoms with Crippen molar-refractivity contribution < 1.29 is 9.53 Å². The van der Waals surface area contributed by atoms with Crippen LogP contribution >= 0.6 is 0 Å². The first kappa shape index (κ1) is 13.4. The van der Waals surface area contributed by atoms with E-state index >= 15 is 0 Å². The van der Waals surface area contributed by atoms with Gasteiger partial charge < -0.3 is 15.0 Å². The average Bonchev–Trinajstić information content (AvgIpc) is 3.06. The molecule has 1 heterocycles. The lowest BCUT2D eigenvalue weighted by Crippen LogP contribution is -2.36. The first-order chi connectivity index (χ1) is 9.74. The minimum Gasteiger partial charge on any atom is -0.445 e. The van der Waals surface area contributed by atoms with Crippen molar-refractivity contribution in [1.82, 2.24) is 10.2 Å². The van der Waals surface area contributed by atoms with Gasteiger partial charge in [-0.05, 0) is 43.3 Å². The standard InChI is InChI=1S/C16H22N2O2/c1-18(15-7-13-9-17-10-14(13)8-15)16(19)20-11-12-5-3-2-4-6-12/h2-6,13-15,17H,7-11H2,1H3/t13-,14+,15?. The van der Waals surface area contributed by atoms with Crippen LogP contribution in [0.2, 0.25) is 0 Å². The third-order valence-electron chi connectivity index (χ3n) is 4.67. The molecular weight excluding hydrogens is 252 g/mol. The fourth-order valence-electron chi connectivity index (χ4n) is 3.42. The zero-order valence-electron chi connectivity index (χ0n) is 11.9. The smallest absolute Gasteiger partial charge is 0.410 e. The lowest BCUT2D eigenvalue weighted by atomic mass is 10.0. The van der Waals surface area contributed by atoms with Crippen LogP contribution < -0.4 is 5.32 Å². The molecule has 0 aromatic heterocycles. The molecule has 1 aliphatic heterocycles. The van der Waals surface area contributed by atoms with Gasteiger partial charge in [-0.3, -0.25) is 0 Å². The molecule has 0 radical (unpaired) electrons. The van der Waals surface area contributed by atoms with Crippen LogP contribution in [0.5, 0.6) is 0 Å². The van der Waals surface area contributed by atoms with E-state index in [-0.39, 0.29) is 6.09 Å². The second-order valence-electron chi connectivity index (χ2n) is 5.95. The van der Waals surface area contributed by atoms with Gasteiger partial charge >= 0.3 is 6.09 Å². The maximum Gasteiger partial charge on any atom is 0.410 e. The van der Waals surface area contributed by atoms with Gasteiger partial charge in [-0.2, -0.15) is 0 Å². The lowest BCUT2D eigenvalue weighted by Gasteiger charge is -2.24. The molecule has 1 saturated carbocycles. The Morgan fingerprint density at radius 1 is 1.25 bits per heavy atom. The van der Waals surface area contributed by atoms with E-state index in [1.807, 2.05) is 37.4 Å². The van der Waals surface area contributed by atoms with Crippen molar-refractivity contribution in [3.05, 3.63) is 35.9 Å². The highest BCUT2D eigenvalue weighted by Crippen LogP contribution is 2.36. The zero-order valence-corrected chi connectivity index (χ0v) is 11.9. The number of nitrogens with one attached hydrogen (secondary N) is 1. The lowest BCUT2D eigenvalue weighted by molar-refractivity contribution is 0.0905. The summed E-state index contributed by atoms with van der Waals surface area (Å²) in [5, 5.41) is 3.42. The summed E-state index contributed by atoms with van der Waals surface area (Å²) >= 11 is 0. The van der Waals surface area contributed by atoms with Crippen molar-refractivity contribution in [2.24, 2.45) is 11.8 Å². The molecule has 1 aliphatic carbocycles. The van der Waals surface area contributed by atoms with Crippen LogP contribution in [0, 0.1) is 11.8 Å². The topological polar surface area (TPSA) is 41.6 Å². The van der Waals surface area contributed by atoms with Gasteiger partial charge in [0, 0.05) is 13.1 Å². The summed E-state index contributed by atoms with van der Waals surface area (Å²) in [4.78, 5) is 13.9. The quantitative estimate of drug-likeness (QED) is 0.919. The Hall–Kier alpha value is -1.55. The normalized spacial score (nSPS) is 28.1. The van der Waals surface area contributed by atoms with Gasteiger partial charge in [-0.1, -0.05) is 30.3 Å². The van der Waals surface area contributed by atoms with Gasteiger partial charge in [0.1, 0.15) is 6.61 Å². The number of carbonyl (C=O) groups excluding carboxylic acids is 1. The van der Waals surface area contributed by atoms with Crippen LogP contribution in [0.15, 0.2) is 30.3 Å². The summed E-state index contributed by atoms with van der Waals surface area (Å²) in [6.07, 6.45) is 2.01. The van der Waals surface area contributed by atoms with Gasteiger partial charge in [-0.25, -0.2) is 4.79 Å². The van der Waals surface area contributed by atoms with Gasteiger partial charge in [0.15, 0.2) is 0 Å². The summed E-state index contributed by atoms with van der Waals surface area (Å²) in [5.41, 5.74) is 1.03. The summed E-state index contributed by atoms with van der Waals surface area (Å²) in [6.45, 7) is 2.56. The number of benzene rings is 1. The molecule has 3 rings (SSSR count). The number of fused-ring (bicyclic) bond motifs is 1. The molecular formula is C16H22N2O2. The monoisotopic (exact) mass is 274 g/mol. The summed E-state index contributed by atoms with van der Waals surface area (Å²) < 4.78 is 5.40. The molecule has 2 fully saturated rings. The second kappa shape index (κ2) is 5.83. The molecule has 108 valence electrons. The molecule has 1 saturated heterocycles. The Morgan fingerprint density at radius 3 is 2.55 bits per heavy atom. The van der Waals surface area contributed by atoms with E-state index in [0.29, 0.717) is 12.6 Å². The number of amides is 1. The van der Waals surface area contributed by atoms with E-state index in [1.54, 1.807) is 4.90 Å². The number of nitrogens with zero attached hydrogens (tertiary/aromatic N) is 1. The molecule has 1 aromatic rings. The van der Waals surface area contributed by atoms with Crippen LogP contribution in [0.25, 0.3) is 0 Å². The molecule has 0 spiro atoms. The Kier molecular flexibility index (Phi) is 3.92. The van der Waals surface area contributed by atoms with Crippen LogP contribution in [0.1, 0.15) is 18.4 Å². The summed E-state index contributed by atoms with van der Waals surface area (Å²) in [7, 11) is 1.87. The van der Waals surface area contributed by atoms with E-state index in [2.05, 4.69) is 5.32 Å². The molecule has 4 heteroatoms. The molecule has 20 heavy (non-hydrogen) atoms. The number of hydrogen-bond acceptors (Lipinski definition) is 3. The molecule has 1 amide bonds. The van der Waals surface area contributed by atoms with Crippen LogP contribution in [-0.4, -0.2) is 37.2 Å². The highest BCUT2D eigenvalue weighted by atomic mass is 16.6. The molecule has 4 nitrogen and oxygen atoms in total. The molecule has 1 aromatic carbocycles. The third-order valence-corrected chi connectivity index (χ3v) is 4.67. The number of carbonyl (C=O) groups is 1. The van der Waals surface area contributed by atoms with Crippen molar-refractivity contribution >= 4 is 6.09 Å². The minimum absolute atomic E-state index is 0.202. The van der Waals surface area contributed by atoms with Crippen molar-refractivity contribution in [1.29, 1.82) is 0 Å². The Bertz CT molecular complexity index is 451. The van der Waals surface area contributed by atoms with E-state index in [1.165, 1.54) is 0 Å². The maximum absolute atomic E-state index is 12.1. The van der Waals surface area contributed by atoms with Crippen molar-refractivity contribution in [3.63, 3.8) is 0 Å². The van der Waals surface area contributed by atoms with Gasteiger partial charge in [0.05, 0.1) is 0 Å². The van der Waals surface area contributed by atoms with E-state index in [9.17, 15) is 4.79 Å². The molecule has 2 aliphatic rings. The van der Waals surface area contributed by atoms with Crippen molar-refractivity contribution in [2.45, 2.75) is 25.5 Å². The highest BCUT2D eigenvalue weighted by molar-refractivity contribution is 5.67. The summed E-state index contributed by atoms with van der Waals surface area (Å²) in [5.74, 6) is 1.48. The van der Waals surface area contributed by atoms with Crippen LogP contribution in [-0.2, 0) is 11.3 Å².